The van der Waals surface area contributed by atoms with Gasteiger partial charge in [-0.05, 0) is 36.4 Å². The van der Waals surface area contributed by atoms with Crippen molar-refractivity contribution < 1.29 is 94.2 Å². The molecule has 0 saturated carbocycles. The van der Waals surface area contributed by atoms with Crippen molar-refractivity contribution in [2.24, 2.45) is 0 Å². The summed E-state index contributed by atoms with van der Waals surface area (Å²) in [6.45, 7) is 0. The van der Waals surface area contributed by atoms with Crippen molar-refractivity contribution in [2.45, 2.75) is 18.4 Å². The molecule has 0 aromatic heterocycles. The standard InChI is InChI=1S/2C9H6O6.C6H8O7/c2*10-7(11)4-1-5(8(12)13)3-6(2-4)9(14)15;7-3(8)1-6(13,5(11)12)2-4(9)10/h2*1-3H,(H,10,11)(H,12,13)(H,14,15);13H,1-2H2,(H,7,8)(H,9,10)(H,11,12). The lowest BCUT2D eigenvalue weighted by molar-refractivity contribution is -0.170. The zero-order chi connectivity index (χ0) is 33.8. The van der Waals surface area contributed by atoms with Gasteiger partial charge in [-0.1, -0.05) is 0 Å². The highest BCUT2D eigenvalue weighted by Gasteiger charge is 2.40. The quantitative estimate of drug-likeness (QED) is 0.163. The molecule has 43 heavy (non-hydrogen) atoms. The molecule has 19 nitrogen and oxygen atoms in total. The summed E-state index contributed by atoms with van der Waals surface area (Å²) in [5.41, 5.74) is -4.95. The maximum atomic E-state index is 10.6. The summed E-state index contributed by atoms with van der Waals surface area (Å²) in [5.74, 6) is -13.3. The first kappa shape index (κ1) is 36.6. The molecule has 0 spiro atoms. The smallest absolute Gasteiger partial charge is 0.336 e. The molecule has 0 aliphatic rings. The van der Waals surface area contributed by atoms with Crippen LogP contribution in [0.5, 0.6) is 0 Å². The predicted molar refractivity (Wildman–Crippen MR) is 132 cm³/mol. The van der Waals surface area contributed by atoms with E-state index in [1.54, 1.807) is 0 Å². The SMILES string of the molecule is O=C(O)CC(O)(CC(=O)O)C(=O)O.O=C(O)c1cc(C(=O)O)cc(C(=O)O)c1.O=C(O)c1cc(C(=O)O)cc(C(=O)O)c1. The largest absolute Gasteiger partial charge is 0.481 e. The molecule has 0 aliphatic carbocycles. The Hall–Kier alpha value is -6.37. The molecule has 0 heterocycles. The maximum absolute atomic E-state index is 10.6. The number of rotatable bonds is 11. The summed E-state index contributed by atoms with van der Waals surface area (Å²) in [4.78, 5) is 93.9. The van der Waals surface area contributed by atoms with Crippen LogP contribution in [0.1, 0.15) is 75.0 Å². The number of benzene rings is 2. The number of aliphatic carboxylic acids is 3. The molecular formula is C24H20O19. The van der Waals surface area contributed by atoms with Gasteiger partial charge in [0.15, 0.2) is 5.60 Å². The highest BCUT2D eigenvalue weighted by atomic mass is 16.4. The average Bonchev–Trinajstić information content (AvgIpc) is 2.87. The predicted octanol–water partition coefficient (Wildman–Crippen LogP) is 0.314. The summed E-state index contributed by atoms with van der Waals surface area (Å²) < 4.78 is 0. The van der Waals surface area contributed by atoms with Crippen molar-refractivity contribution in [3.8, 4) is 0 Å². The molecule has 0 amide bonds. The number of aliphatic hydroxyl groups is 1. The van der Waals surface area contributed by atoms with Crippen molar-refractivity contribution in [1.29, 1.82) is 0 Å². The fourth-order valence-corrected chi connectivity index (χ4v) is 2.71. The fraction of sp³-hybridized carbons (Fsp3) is 0.125. The topological polar surface area (TPSA) is 356 Å². The molecule has 0 aliphatic heterocycles. The van der Waals surface area contributed by atoms with E-state index in [4.69, 9.17) is 51.1 Å². The Morgan fingerprint density at radius 3 is 0.651 bits per heavy atom. The van der Waals surface area contributed by atoms with E-state index in [2.05, 4.69) is 0 Å². The minimum atomic E-state index is -2.74. The summed E-state index contributed by atoms with van der Waals surface area (Å²) >= 11 is 0. The number of hydrogen-bond acceptors (Lipinski definition) is 10. The van der Waals surface area contributed by atoms with Crippen LogP contribution in [0.4, 0.5) is 0 Å². The van der Waals surface area contributed by atoms with E-state index in [0.717, 1.165) is 36.4 Å². The number of carbonyl (C=O) groups is 9. The van der Waals surface area contributed by atoms with E-state index >= 15 is 0 Å². The van der Waals surface area contributed by atoms with Crippen LogP contribution in [-0.4, -0.2) is 110 Å². The maximum Gasteiger partial charge on any atom is 0.336 e. The van der Waals surface area contributed by atoms with E-state index in [1.807, 2.05) is 0 Å². The molecular weight excluding hydrogens is 592 g/mol. The summed E-state index contributed by atoms with van der Waals surface area (Å²) in [7, 11) is 0. The molecule has 2 rings (SSSR count). The van der Waals surface area contributed by atoms with Crippen LogP contribution < -0.4 is 0 Å². The van der Waals surface area contributed by atoms with Crippen LogP contribution >= 0.6 is 0 Å². The van der Waals surface area contributed by atoms with E-state index in [1.165, 1.54) is 0 Å². The number of carboxylic acid groups (broad SMARTS) is 9. The summed E-state index contributed by atoms with van der Waals surface area (Å²) in [5, 5.41) is 85.5. The minimum absolute atomic E-state index is 0.368. The van der Waals surface area contributed by atoms with Gasteiger partial charge < -0.3 is 51.1 Å². The first-order chi connectivity index (χ1) is 19.6. The van der Waals surface area contributed by atoms with Crippen LogP contribution in [0.2, 0.25) is 0 Å². The highest BCUT2D eigenvalue weighted by molar-refractivity contribution is 6.00. The van der Waals surface area contributed by atoms with Crippen molar-refractivity contribution >= 4 is 53.7 Å². The number of aromatic carboxylic acids is 6. The van der Waals surface area contributed by atoms with E-state index in [0.29, 0.717) is 0 Å². The zero-order valence-electron chi connectivity index (χ0n) is 21.0. The molecule has 10 N–H and O–H groups in total. The van der Waals surface area contributed by atoms with Gasteiger partial charge in [0, 0.05) is 0 Å². The lowest BCUT2D eigenvalue weighted by Gasteiger charge is -2.18. The number of carboxylic acids is 9. The third-order valence-corrected chi connectivity index (χ3v) is 4.63. The zero-order valence-corrected chi connectivity index (χ0v) is 21.0. The Labute approximate surface area is 236 Å². The Kier molecular flexibility index (Phi) is 13.1. The molecule has 0 unspecified atom stereocenters. The lowest BCUT2D eigenvalue weighted by atomic mass is 9.96. The molecule has 19 heteroatoms. The second-order valence-electron chi connectivity index (χ2n) is 7.91. The molecule has 0 bridgehead atoms. The Balaban J connectivity index is 0.000000618. The van der Waals surface area contributed by atoms with E-state index < -0.39 is 72.2 Å². The van der Waals surface area contributed by atoms with Gasteiger partial charge in [0.2, 0.25) is 0 Å². The Bertz CT molecular complexity index is 1230. The summed E-state index contributed by atoms with van der Waals surface area (Å²) in [6, 6.07) is 5.40. The first-order valence-corrected chi connectivity index (χ1v) is 10.7. The van der Waals surface area contributed by atoms with E-state index in [-0.39, 0.29) is 33.4 Å². The normalized spacial score (nSPS) is 9.98. The molecule has 230 valence electrons. The average molecular weight is 612 g/mol. The van der Waals surface area contributed by atoms with Gasteiger partial charge in [-0.25, -0.2) is 33.6 Å². The lowest BCUT2D eigenvalue weighted by Crippen LogP contribution is -2.42. The van der Waals surface area contributed by atoms with Crippen molar-refractivity contribution in [3.05, 3.63) is 69.8 Å². The van der Waals surface area contributed by atoms with Crippen LogP contribution in [0.25, 0.3) is 0 Å². The van der Waals surface area contributed by atoms with Crippen LogP contribution in [0.15, 0.2) is 36.4 Å². The van der Waals surface area contributed by atoms with Crippen molar-refractivity contribution in [3.63, 3.8) is 0 Å². The molecule has 0 atom stereocenters. The van der Waals surface area contributed by atoms with Gasteiger partial charge in [0.05, 0.1) is 46.2 Å². The van der Waals surface area contributed by atoms with Gasteiger partial charge in [0.1, 0.15) is 0 Å². The Morgan fingerprint density at radius 1 is 0.395 bits per heavy atom. The molecule has 0 fully saturated rings. The molecule has 0 saturated heterocycles. The van der Waals surface area contributed by atoms with Gasteiger partial charge in [-0.2, -0.15) is 0 Å². The molecule has 0 radical (unpaired) electrons. The minimum Gasteiger partial charge on any atom is -0.481 e. The van der Waals surface area contributed by atoms with Gasteiger partial charge >= 0.3 is 53.7 Å². The van der Waals surface area contributed by atoms with Gasteiger partial charge in [0.25, 0.3) is 0 Å². The highest BCUT2D eigenvalue weighted by Crippen LogP contribution is 2.16. The Morgan fingerprint density at radius 2 is 0.558 bits per heavy atom. The van der Waals surface area contributed by atoms with Gasteiger partial charge in [-0.15, -0.1) is 0 Å². The second-order valence-corrected chi connectivity index (χ2v) is 7.91. The third-order valence-electron chi connectivity index (χ3n) is 4.63. The summed E-state index contributed by atoms with van der Waals surface area (Å²) in [6.07, 6.45) is -2.29. The third kappa shape index (κ3) is 12.1. The molecule has 2 aromatic rings. The molecule has 2 aromatic carbocycles. The second kappa shape index (κ2) is 15.4. The van der Waals surface area contributed by atoms with Crippen LogP contribution in [-0.2, 0) is 14.4 Å². The van der Waals surface area contributed by atoms with Crippen molar-refractivity contribution in [2.75, 3.05) is 0 Å². The fourth-order valence-electron chi connectivity index (χ4n) is 2.71. The number of hydrogen-bond donors (Lipinski definition) is 10. The van der Waals surface area contributed by atoms with Crippen LogP contribution in [0.3, 0.4) is 0 Å². The first-order valence-electron chi connectivity index (χ1n) is 10.7. The van der Waals surface area contributed by atoms with Crippen LogP contribution in [0, 0.1) is 0 Å². The monoisotopic (exact) mass is 612 g/mol. The van der Waals surface area contributed by atoms with Gasteiger partial charge in [-0.3, -0.25) is 9.59 Å². The van der Waals surface area contributed by atoms with E-state index in [9.17, 15) is 43.2 Å². The van der Waals surface area contributed by atoms with Crippen molar-refractivity contribution in [1.82, 2.24) is 0 Å².